The molecule has 90 valence electrons. The molecule has 0 aromatic carbocycles. The van der Waals surface area contributed by atoms with Crippen molar-refractivity contribution < 1.29 is 5.11 Å². The van der Waals surface area contributed by atoms with Gasteiger partial charge in [0.2, 0.25) is 0 Å². The third-order valence-electron chi connectivity index (χ3n) is 3.49. The molecule has 0 amide bonds. The van der Waals surface area contributed by atoms with Crippen molar-refractivity contribution in [2.45, 2.75) is 50.7 Å². The maximum absolute atomic E-state index is 10.4. The molecule has 0 bridgehead atoms. The highest BCUT2D eigenvalue weighted by Gasteiger charge is 2.29. The van der Waals surface area contributed by atoms with E-state index in [0.717, 1.165) is 19.4 Å². The third-order valence-corrected chi connectivity index (χ3v) is 4.55. The van der Waals surface area contributed by atoms with Crippen LogP contribution in [0.5, 0.6) is 0 Å². The normalized spacial score (nSPS) is 21.9. The minimum Gasteiger partial charge on any atom is -0.389 e. The first-order valence-electron chi connectivity index (χ1n) is 6.19. The first-order valence-corrected chi connectivity index (χ1v) is 7.07. The Morgan fingerprint density at radius 2 is 2.19 bits per heavy atom. The SMILES string of the molecule is CC(NCC1(O)CCCCC1)c1cccs1. The van der Waals surface area contributed by atoms with Gasteiger partial charge in [0.1, 0.15) is 0 Å². The lowest BCUT2D eigenvalue weighted by Gasteiger charge is -2.33. The summed E-state index contributed by atoms with van der Waals surface area (Å²) < 4.78 is 0. The Balaban J connectivity index is 1.82. The average Bonchev–Trinajstić information content (AvgIpc) is 2.80. The topological polar surface area (TPSA) is 32.3 Å². The minimum atomic E-state index is -0.455. The fraction of sp³-hybridized carbons (Fsp3) is 0.692. The van der Waals surface area contributed by atoms with Crippen LogP contribution in [0, 0.1) is 0 Å². The molecule has 1 aliphatic rings. The van der Waals surface area contributed by atoms with Crippen LogP contribution < -0.4 is 5.32 Å². The van der Waals surface area contributed by atoms with Gasteiger partial charge in [0.05, 0.1) is 5.60 Å². The third kappa shape index (κ3) is 3.06. The molecule has 0 radical (unpaired) electrons. The predicted octanol–water partition coefficient (Wildman–Crippen LogP) is 3.09. The van der Waals surface area contributed by atoms with E-state index in [0.29, 0.717) is 6.04 Å². The van der Waals surface area contributed by atoms with Crippen molar-refractivity contribution in [2.24, 2.45) is 0 Å². The lowest BCUT2D eigenvalue weighted by molar-refractivity contribution is 0.00308. The van der Waals surface area contributed by atoms with Crippen LogP contribution >= 0.6 is 11.3 Å². The molecule has 2 rings (SSSR count). The van der Waals surface area contributed by atoms with Crippen LogP contribution in [-0.2, 0) is 0 Å². The summed E-state index contributed by atoms with van der Waals surface area (Å²) in [4.78, 5) is 1.35. The van der Waals surface area contributed by atoms with Gasteiger partial charge in [0.25, 0.3) is 0 Å². The zero-order chi connectivity index (χ0) is 11.4. The highest BCUT2D eigenvalue weighted by molar-refractivity contribution is 7.10. The van der Waals surface area contributed by atoms with E-state index in [1.807, 2.05) is 0 Å². The van der Waals surface area contributed by atoms with E-state index >= 15 is 0 Å². The zero-order valence-electron chi connectivity index (χ0n) is 9.91. The predicted molar refractivity (Wildman–Crippen MR) is 68.8 cm³/mol. The van der Waals surface area contributed by atoms with Crippen molar-refractivity contribution in [3.8, 4) is 0 Å². The van der Waals surface area contributed by atoms with E-state index in [1.54, 1.807) is 11.3 Å². The van der Waals surface area contributed by atoms with Gasteiger partial charge >= 0.3 is 0 Å². The largest absolute Gasteiger partial charge is 0.389 e. The van der Waals surface area contributed by atoms with E-state index in [4.69, 9.17) is 0 Å². The second-order valence-corrected chi connectivity index (χ2v) is 5.88. The van der Waals surface area contributed by atoms with Crippen LogP contribution in [0.1, 0.15) is 49.9 Å². The van der Waals surface area contributed by atoms with Crippen LogP contribution in [0.25, 0.3) is 0 Å². The van der Waals surface area contributed by atoms with Crippen LogP contribution in [0.2, 0.25) is 0 Å². The maximum atomic E-state index is 10.4. The number of hydrogen-bond acceptors (Lipinski definition) is 3. The minimum absolute atomic E-state index is 0.353. The fourth-order valence-electron chi connectivity index (χ4n) is 2.37. The van der Waals surface area contributed by atoms with E-state index in [-0.39, 0.29) is 0 Å². The molecule has 16 heavy (non-hydrogen) atoms. The number of aliphatic hydroxyl groups is 1. The lowest BCUT2D eigenvalue weighted by atomic mass is 9.85. The zero-order valence-corrected chi connectivity index (χ0v) is 10.7. The van der Waals surface area contributed by atoms with Crippen LogP contribution in [0.15, 0.2) is 17.5 Å². The molecule has 1 aromatic heterocycles. The summed E-state index contributed by atoms with van der Waals surface area (Å²) in [5.41, 5.74) is -0.455. The quantitative estimate of drug-likeness (QED) is 0.846. The molecule has 1 atom stereocenters. The van der Waals surface area contributed by atoms with Gasteiger partial charge in [-0.2, -0.15) is 0 Å². The molecule has 2 N–H and O–H groups in total. The highest BCUT2D eigenvalue weighted by Crippen LogP contribution is 2.28. The average molecular weight is 239 g/mol. The molecule has 1 heterocycles. The van der Waals surface area contributed by atoms with E-state index in [2.05, 4.69) is 29.8 Å². The van der Waals surface area contributed by atoms with Crippen molar-refractivity contribution in [1.29, 1.82) is 0 Å². The van der Waals surface area contributed by atoms with Crippen molar-refractivity contribution in [2.75, 3.05) is 6.54 Å². The number of thiophene rings is 1. The Labute approximate surface area is 102 Å². The Morgan fingerprint density at radius 3 is 2.81 bits per heavy atom. The summed E-state index contributed by atoms with van der Waals surface area (Å²) in [5, 5.41) is 15.9. The smallest absolute Gasteiger partial charge is 0.0771 e. The summed E-state index contributed by atoms with van der Waals surface area (Å²) in [6.45, 7) is 2.89. The Morgan fingerprint density at radius 1 is 1.44 bits per heavy atom. The van der Waals surface area contributed by atoms with Gasteiger partial charge in [0, 0.05) is 17.5 Å². The van der Waals surface area contributed by atoms with Crippen molar-refractivity contribution >= 4 is 11.3 Å². The summed E-state index contributed by atoms with van der Waals surface area (Å²) in [6.07, 6.45) is 5.54. The Hall–Kier alpha value is -0.380. The summed E-state index contributed by atoms with van der Waals surface area (Å²) in [5.74, 6) is 0. The molecule has 3 heteroatoms. The fourth-order valence-corrected chi connectivity index (χ4v) is 3.13. The van der Waals surface area contributed by atoms with Crippen LogP contribution in [-0.4, -0.2) is 17.3 Å². The molecule has 0 saturated heterocycles. The van der Waals surface area contributed by atoms with Crippen molar-refractivity contribution in [3.05, 3.63) is 22.4 Å². The standard InChI is InChI=1S/C13H21NOS/c1-11(12-6-5-9-16-12)14-10-13(15)7-3-2-4-8-13/h5-6,9,11,14-15H,2-4,7-8,10H2,1H3. The Kier molecular flexibility index (Phi) is 4.00. The molecule has 2 nitrogen and oxygen atoms in total. The van der Waals surface area contributed by atoms with Crippen LogP contribution in [0.3, 0.4) is 0 Å². The monoisotopic (exact) mass is 239 g/mol. The molecule has 1 aliphatic carbocycles. The second-order valence-electron chi connectivity index (χ2n) is 4.90. The molecular formula is C13H21NOS. The molecule has 1 fully saturated rings. The first kappa shape index (κ1) is 12.1. The summed E-state index contributed by atoms with van der Waals surface area (Å²) in [7, 11) is 0. The van der Waals surface area contributed by atoms with Crippen molar-refractivity contribution in [1.82, 2.24) is 5.32 Å². The van der Waals surface area contributed by atoms with Gasteiger partial charge in [-0.25, -0.2) is 0 Å². The van der Waals surface area contributed by atoms with E-state index < -0.39 is 5.60 Å². The van der Waals surface area contributed by atoms with Gasteiger partial charge in [-0.3, -0.25) is 0 Å². The molecule has 1 unspecified atom stereocenters. The highest BCUT2D eigenvalue weighted by atomic mass is 32.1. The molecular weight excluding hydrogens is 218 g/mol. The maximum Gasteiger partial charge on any atom is 0.0771 e. The number of nitrogens with one attached hydrogen (secondary N) is 1. The van der Waals surface area contributed by atoms with Gasteiger partial charge in [-0.05, 0) is 31.2 Å². The number of hydrogen-bond donors (Lipinski definition) is 2. The molecule has 1 aromatic rings. The van der Waals surface area contributed by atoms with E-state index in [1.165, 1.54) is 24.1 Å². The molecule has 0 aliphatic heterocycles. The molecule has 0 spiro atoms. The van der Waals surface area contributed by atoms with Crippen LogP contribution in [0.4, 0.5) is 0 Å². The van der Waals surface area contributed by atoms with Gasteiger partial charge in [-0.1, -0.05) is 25.3 Å². The second kappa shape index (κ2) is 5.30. The van der Waals surface area contributed by atoms with Crippen molar-refractivity contribution in [3.63, 3.8) is 0 Å². The van der Waals surface area contributed by atoms with Gasteiger partial charge in [-0.15, -0.1) is 11.3 Å². The lowest BCUT2D eigenvalue weighted by Crippen LogP contribution is -2.42. The number of rotatable bonds is 4. The summed E-state index contributed by atoms with van der Waals surface area (Å²) in [6, 6.07) is 4.58. The van der Waals surface area contributed by atoms with Gasteiger partial charge < -0.3 is 10.4 Å². The summed E-state index contributed by atoms with van der Waals surface area (Å²) >= 11 is 1.77. The molecule has 1 saturated carbocycles. The van der Waals surface area contributed by atoms with E-state index in [9.17, 15) is 5.11 Å². The Bertz CT molecular complexity index is 304. The van der Waals surface area contributed by atoms with Gasteiger partial charge in [0.15, 0.2) is 0 Å². The first-order chi connectivity index (χ1) is 7.70.